The Bertz CT molecular complexity index is 961. The van der Waals surface area contributed by atoms with E-state index in [1.807, 2.05) is 4.90 Å². The van der Waals surface area contributed by atoms with Gasteiger partial charge in [0.25, 0.3) is 0 Å². The van der Waals surface area contributed by atoms with Crippen LogP contribution in [0.5, 0.6) is 5.75 Å². The van der Waals surface area contributed by atoms with Crippen molar-refractivity contribution < 1.29 is 30.6 Å². The van der Waals surface area contributed by atoms with Crippen LogP contribution >= 0.6 is 0 Å². The number of aryl methyl sites for hydroxylation is 1. The van der Waals surface area contributed by atoms with E-state index in [-0.39, 0.29) is 17.8 Å². The van der Waals surface area contributed by atoms with Gasteiger partial charge in [0.1, 0.15) is 5.75 Å². The number of carbonyl (C=O) groups excluding carboxylic acids is 1. The van der Waals surface area contributed by atoms with Crippen LogP contribution in [0.15, 0.2) is 18.2 Å². The summed E-state index contributed by atoms with van der Waals surface area (Å²) in [5.74, 6) is 0.169. The highest BCUT2D eigenvalue weighted by molar-refractivity contribution is 7.88. The van der Waals surface area contributed by atoms with Crippen LogP contribution in [0.2, 0.25) is 0 Å². The van der Waals surface area contributed by atoms with Crippen molar-refractivity contribution in [3.05, 3.63) is 29.3 Å². The molecule has 0 saturated carbocycles. The maximum atomic E-state index is 12.7. The topological polar surface area (TPSA) is 70.2 Å². The molecule has 1 aromatic carbocycles. The summed E-state index contributed by atoms with van der Waals surface area (Å²) in [5.41, 5.74) is -3.62. The van der Waals surface area contributed by atoms with E-state index in [2.05, 4.69) is 16.0 Å². The first-order valence-corrected chi connectivity index (χ1v) is 13.1. The molecule has 0 aromatic heterocycles. The van der Waals surface area contributed by atoms with E-state index in [0.29, 0.717) is 12.3 Å². The monoisotopic (exact) mass is 505 g/mol. The van der Waals surface area contributed by atoms with E-state index < -0.39 is 15.6 Å². The highest BCUT2D eigenvalue weighted by Crippen LogP contribution is 2.32. The first-order chi connectivity index (χ1) is 15.9. The standard InChI is InChI=1S/C23H34F3N3O4S/c1-4-11-29(16-17-9-12-28(13-10-17)22(30)27(2)3)20-7-5-18-6-8-21(15-19(18)14-20)33-34(31,32)23(24,25)26/h6,8,15,17,20H,4-5,7,9-14,16H2,1-3H3. The summed E-state index contributed by atoms with van der Waals surface area (Å²) < 4.78 is 65.2. The normalized spacial score (nSPS) is 19.7. The third-order valence-electron chi connectivity index (χ3n) is 6.66. The minimum atomic E-state index is -5.69. The second-order valence-corrected chi connectivity index (χ2v) is 11.0. The molecule has 0 N–H and O–H groups in total. The summed E-state index contributed by atoms with van der Waals surface area (Å²) in [6.45, 7) is 5.43. The summed E-state index contributed by atoms with van der Waals surface area (Å²) in [5, 5.41) is 0. The number of fused-ring (bicyclic) bond motifs is 1. The zero-order chi connectivity index (χ0) is 25.1. The number of nitrogens with zero attached hydrogens (tertiary/aromatic N) is 3. The number of urea groups is 1. The van der Waals surface area contributed by atoms with Crippen molar-refractivity contribution in [2.24, 2.45) is 5.92 Å². The Morgan fingerprint density at radius 1 is 1.15 bits per heavy atom. The lowest BCUT2D eigenvalue weighted by atomic mass is 9.86. The van der Waals surface area contributed by atoms with E-state index in [1.54, 1.807) is 25.1 Å². The molecule has 2 aliphatic rings. The predicted octanol–water partition coefficient (Wildman–Crippen LogP) is 3.88. The summed E-state index contributed by atoms with van der Waals surface area (Å²) in [6.07, 6.45) is 5.21. The lowest BCUT2D eigenvalue weighted by molar-refractivity contribution is -0.0500. The number of halogens is 3. The number of benzene rings is 1. The Hall–Kier alpha value is -2.01. The Balaban J connectivity index is 1.65. The van der Waals surface area contributed by atoms with Crippen LogP contribution in [0.1, 0.15) is 43.7 Å². The lowest BCUT2D eigenvalue weighted by Crippen LogP contribution is -2.47. The molecule has 3 rings (SSSR count). The highest BCUT2D eigenvalue weighted by Gasteiger charge is 2.48. The molecule has 1 aliphatic heterocycles. The molecule has 1 fully saturated rings. The van der Waals surface area contributed by atoms with E-state index in [0.717, 1.165) is 69.4 Å². The quantitative estimate of drug-likeness (QED) is 0.416. The van der Waals surface area contributed by atoms with E-state index in [4.69, 9.17) is 0 Å². The highest BCUT2D eigenvalue weighted by atomic mass is 32.2. The average molecular weight is 506 g/mol. The van der Waals surface area contributed by atoms with Crippen molar-refractivity contribution in [2.75, 3.05) is 40.3 Å². The van der Waals surface area contributed by atoms with Crippen LogP contribution in [-0.4, -0.2) is 81.0 Å². The molecule has 1 saturated heterocycles. The van der Waals surface area contributed by atoms with Crippen LogP contribution in [0.3, 0.4) is 0 Å². The van der Waals surface area contributed by atoms with Gasteiger partial charge in [-0.2, -0.15) is 21.6 Å². The van der Waals surface area contributed by atoms with Crippen molar-refractivity contribution >= 4 is 16.1 Å². The Kier molecular flexibility index (Phi) is 8.38. The van der Waals surface area contributed by atoms with Crippen molar-refractivity contribution in [1.82, 2.24) is 14.7 Å². The fraction of sp³-hybridized carbons (Fsp3) is 0.696. The smallest absolute Gasteiger partial charge is 0.376 e. The molecule has 7 nitrogen and oxygen atoms in total. The summed E-state index contributed by atoms with van der Waals surface area (Å²) in [7, 11) is -2.18. The maximum absolute atomic E-state index is 12.7. The van der Waals surface area contributed by atoms with Crippen LogP contribution in [0.4, 0.5) is 18.0 Å². The third kappa shape index (κ3) is 6.35. The Morgan fingerprint density at radius 2 is 1.82 bits per heavy atom. The van der Waals surface area contributed by atoms with Crippen molar-refractivity contribution in [3.63, 3.8) is 0 Å². The first-order valence-electron chi connectivity index (χ1n) is 11.7. The fourth-order valence-corrected chi connectivity index (χ4v) is 5.33. The molecule has 1 heterocycles. The zero-order valence-corrected chi connectivity index (χ0v) is 20.8. The summed E-state index contributed by atoms with van der Waals surface area (Å²) in [6, 6.07) is 4.64. The number of amides is 2. The molecule has 1 aliphatic carbocycles. The lowest BCUT2D eigenvalue weighted by Gasteiger charge is -2.40. The summed E-state index contributed by atoms with van der Waals surface area (Å²) >= 11 is 0. The number of alkyl halides is 3. The second-order valence-electron chi connectivity index (χ2n) is 9.41. The van der Waals surface area contributed by atoms with Gasteiger partial charge in [-0.3, -0.25) is 4.90 Å². The van der Waals surface area contributed by atoms with Gasteiger partial charge in [0, 0.05) is 39.8 Å². The molecule has 192 valence electrons. The Labute approximate surface area is 200 Å². The Morgan fingerprint density at radius 3 is 2.41 bits per heavy atom. The van der Waals surface area contributed by atoms with Gasteiger partial charge in [0.05, 0.1) is 0 Å². The molecule has 2 amide bonds. The van der Waals surface area contributed by atoms with Gasteiger partial charge in [-0.15, -0.1) is 0 Å². The van der Waals surface area contributed by atoms with E-state index in [1.165, 1.54) is 12.1 Å². The van der Waals surface area contributed by atoms with Crippen LogP contribution in [-0.2, 0) is 23.0 Å². The number of rotatable bonds is 7. The molecule has 34 heavy (non-hydrogen) atoms. The van der Waals surface area contributed by atoms with Gasteiger partial charge in [-0.05, 0) is 74.2 Å². The van der Waals surface area contributed by atoms with Gasteiger partial charge in [0.2, 0.25) is 0 Å². The molecule has 1 unspecified atom stereocenters. The zero-order valence-electron chi connectivity index (χ0n) is 20.0. The van der Waals surface area contributed by atoms with Crippen molar-refractivity contribution in [3.8, 4) is 5.75 Å². The number of carbonyl (C=O) groups is 1. The minimum absolute atomic E-state index is 0.0401. The minimum Gasteiger partial charge on any atom is -0.376 e. The van der Waals surface area contributed by atoms with Crippen molar-refractivity contribution in [1.29, 1.82) is 0 Å². The SMILES string of the molecule is CCCN(CC1CCN(C(=O)N(C)C)CC1)C1CCc2ccc(OS(=O)(=O)C(F)(F)F)cc2C1. The number of likely N-dealkylation sites (tertiary alicyclic amines) is 1. The van der Waals surface area contributed by atoms with Gasteiger partial charge in [-0.25, -0.2) is 4.79 Å². The van der Waals surface area contributed by atoms with Crippen LogP contribution in [0, 0.1) is 5.92 Å². The van der Waals surface area contributed by atoms with E-state index in [9.17, 15) is 26.4 Å². The molecule has 1 atom stereocenters. The fourth-order valence-electron chi connectivity index (χ4n) is 4.88. The molecule has 11 heteroatoms. The van der Waals surface area contributed by atoms with Gasteiger partial charge in [0.15, 0.2) is 0 Å². The van der Waals surface area contributed by atoms with Crippen LogP contribution < -0.4 is 4.18 Å². The van der Waals surface area contributed by atoms with E-state index >= 15 is 0 Å². The number of hydrogen-bond acceptors (Lipinski definition) is 5. The second kappa shape index (κ2) is 10.7. The van der Waals surface area contributed by atoms with Crippen LogP contribution in [0.25, 0.3) is 0 Å². The molecule has 0 bridgehead atoms. The van der Waals surface area contributed by atoms with Gasteiger partial charge < -0.3 is 14.0 Å². The number of piperidine rings is 1. The molecule has 0 spiro atoms. The maximum Gasteiger partial charge on any atom is 0.534 e. The summed E-state index contributed by atoms with van der Waals surface area (Å²) in [4.78, 5) is 18.1. The molecular weight excluding hydrogens is 471 g/mol. The average Bonchev–Trinajstić information content (AvgIpc) is 2.77. The predicted molar refractivity (Wildman–Crippen MR) is 123 cm³/mol. The first kappa shape index (κ1) is 26.6. The van der Waals surface area contributed by atoms with Gasteiger partial charge in [-0.1, -0.05) is 13.0 Å². The molecule has 1 aromatic rings. The number of hydrogen-bond donors (Lipinski definition) is 0. The third-order valence-corrected chi connectivity index (χ3v) is 7.64. The largest absolute Gasteiger partial charge is 0.534 e. The molecular formula is C23H34F3N3O4S. The van der Waals surface area contributed by atoms with Gasteiger partial charge >= 0.3 is 21.7 Å². The molecule has 0 radical (unpaired) electrons. The van der Waals surface area contributed by atoms with Crippen molar-refractivity contribution in [2.45, 2.75) is 57.0 Å².